The fraction of sp³-hybridized carbons (Fsp3) is 0.577. The maximum absolute atomic E-state index is 2.55. The maximum Gasteiger partial charge on any atom is 0.216 e. The predicted octanol–water partition coefficient (Wildman–Crippen LogP) is 6.11. The van der Waals surface area contributed by atoms with E-state index in [0.29, 0.717) is 0 Å². The molecule has 1 saturated carbocycles. The van der Waals surface area contributed by atoms with E-state index in [9.17, 15) is 0 Å². The van der Waals surface area contributed by atoms with Crippen molar-refractivity contribution in [2.45, 2.75) is 73.1 Å². The Labute approximate surface area is 165 Å². The number of pyridine rings is 1. The third-order valence-electron chi connectivity index (χ3n) is 10.3. The van der Waals surface area contributed by atoms with Gasteiger partial charge in [-0.3, -0.25) is 0 Å². The smallest absolute Gasteiger partial charge is 0.201 e. The summed E-state index contributed by atoms with van der Waals surface area (Å²) in [6, 6.07) is 11.3. The maximum atomic E-state index is 2.55. The van der Waals surface area contributed by atoms with Crippen LogP contribution in [0, 0.1) is 23.2 Å². The van der Waals surface area contributed by atoms with Gasteiger partial charge in [0.15, 0.2) is 6.20 Å². The average Bonchev–Trinajstić information content (AvgIpc) is 2.76. The summed E-state index contributed by atoms with van der Waals surface area (Å²) >= 11 is 0. The lowest BCUT2D eigenvalue weighted by molar-refractivity contribution is -0.661. The Morgan fingerprint density at radius 3 is 1.85 bits per heavy atom. The molecular weight excluding hydrogens is 326 g/mol. The molecule has 0 N–H and O–H groups in total. The lowest BCUT2D eigenvalue weighted by Crippen LogP contribution is -2.51. The fourth-order valence-corrected chi connectivity index (χ4v) is 7.35. The van der Waals surface area contributed by atoms with Crippen LogP contribution in [0.5, 0.6) is 0 Å². The van der Waals surface area contributed by atoms with Crippen molar-refractivity contribution in [3.63, 3.8) is 0 Å². The number of rotatable bonds is 1. The minimum atomic E-state index is 0.0875. The molecule has 1 aromatic carbocycles. The van der Waals surface area contributed by atoms with Crippen LogP contribution in [-0.2, 0) is 17.9 Å². The first-order chi connectivity index (χ1) is 12.3. The topological polar surface area (TPSA) is 3.88 Å². The highest BCUT2D eigenvalue weighted by Gasteiger charge is 2.81. The first kappa shape index (κ1) is 18.7. The minimum absolute atomic E-state index is 0.0875. The summed E-state index contributed by atoms with van der Waals surface area (Å²) in [6.45, 7) is 22.4. The number of aryl methyl sites for hydroxylation is 2. The van der Waals surface area contributed by atoms with Gasteiger partial charge in [-0.2, -0.15) is 0 Å². The summed E-state index contributed by atoms with van der Waals surface area (Å²) in [5, 5.41) is 0. The van der Waals surface area contributed by atoms with Gasteiger partial charge in [0.1, 0.15) is 7.05 Å². The first-order valence-electron chi connectivity index (χ1n) is 10.4. The minimum Gasteiger partial charge on any atom is -0.201 e. The summed E-state index contributed by atoms with van der Waals surface area (Å²) in [6.07, 6.45) is 2.29. The third kappa shape index (κ3) is 1.60. The van der Waals surface area contributed by atoms with Gasteiger partial charge in [0, 0.05) is 28.0 Å². The van der Waals surface area contributed by atoms with Crippen LogP contribution in [-0.4, -0.2) is 0 Å². The van der Waals surface area contributed by atoms with Gasteiger partial charge >= 0.3 is 0 Å². The number of fused-ring (bicyclic) bond motifs is 5. The normalized spacial score (nSPS) is 31.8. The van der Waals surface area contributed by atoms with E-state index in [1.165, 1.54) is 16.8 Å². The Balaban J connectivity index is 2.22. The lowest BCUT2D eigenvalue weighted by Gasteiger charge is -2.53. The standard InChI is InChI=1S/C26H36N/c1-17-13-11-12-14-18(17)21-20-19(15-16-27(21)10)25(8)22(2,3)23(4,5)26(20,9)24(25,6)7/h11-16H,1-10H3/q+1. The first-order valence-corrected chi connectivity index (χ1v) is 10.4. The summed E-state index contributed by atoms with van der Waals surface area (Å²) in [7, 11) is 2.21. The monoisotopic (exact) mass is 362 g/mol. The van der Waals surface area contributed by atoms with Gasteiger partial charge < -0.3 is 0 Å². The van der Waals surface area contributed by atoms with E-state index in [1.54, 1.807) is 11.1 Å². The van der Waals surface area contributed by atoms with Crippen LogP contribution in [0.3, 0.4) is 0 Å². The van der Waals surface area contributed by atoms with E-state index in [4.69, 9.17) is 0 Å². The molecule has 1 heteroatoms. The summed E-state index contributed by atoms with van der Waals surface area (Å²) in [5.74, 6) is 0. The molecule has 144 valence electrons. The van der Waals surface area contributed by atoms with Crippen molar-refractivity contribution >= 4 is 0 Å². The molecule has 27 heavy (non-hydrogen) atoms. The number of aromatic nitrogens is 1. The second-order valence-corrected chi connectivity index (χ2v) is 11.0. The Morgan fingerprint density at radius 2 is 1.26 bits per heavy atom. The van der Waals surface area contributed by atoms with Gasteiger partial charge in [0.25, 0.3) is 0 Å². The SMILES string of the molecule is Cc1ccccc1-c1c2c(cc[n+]1C)C1(C)C(C)(C)C(C)(C)C2(C)C1(C)C. The summed E-state index contributed by atoms with van der Waals surface area (Å²) in [5.41, 5.74) is 8.05. The number of hydrogen-bond acceptors (Lipinski definition) is 0. The molecule has 0 radical (unpaired) electrons. The second-order valence-electron chi connectivity index (χ2n) is 11.0. The van der Waals surface area contributed by atoms with Crippen molar-refractivity contribution in [2.75, 3.05) is 0 Å². The van der Waals surface area contributed by atoms with Crippen molar-refractivity contribution in [3.8, 4) is 11.3 Å². The molecule has 2 unspecified atom stereocenters. The molecule has 4 rings (SSSR count). The molecule has 2 bridgehead atoms. The van der Waals surface area contributed by atoms with E-state index in [2.05, 4.69) is 110 Å². The highest BCUT2D eigenvalue weighted by molar-refractivity contribution is 5.72. The predicted molar refractivity (Wildman–Crippen MR) is 114 cm³/mol. The van der Waals surface area contributed by atoms with Crippen molar-refractivity contribution < 1.29 is 4.57 Å². The van der Waals surface area contributed by atoms with Gasteiger partial charge in [-0.25, -0.2) is 4.57 Å². The molecule has 2 aromatic rings. The highest BCUT2D eigenvalue weighted by Crippen LogP contribution is 2.83. The van der Waals surface area contributed by atoms with Gasteiger partial charge in [-0.05, 0) is 40.4 Å². The third-order valence-corrected chi connectivity index (χ3v) is 10.3. The lowest BCUT2D eigenvalue weighted by atomic mass is 9.50. The molecule has 1 aromatic heterocycles. The molecular formula is C26H36N+. The Bertz CT molecular complexity index is 962. The van der Waals surface area contributed by atoms with Gasteiger partial charge in [-0.1, -0.05) is 73.6 Å². The Morgan fingerprint density at radius 1 is 0.704 bits per heavy atom. The molecule has 0 amide bonds. The zero-order chi connectivity index (χ0) is 20.2. The van der Waals surface area contributed by atoms with Crippen molar-refractivity contribution in [3.05, 3.63) is 53.2 Å². The van der Waals surface area contributed by atoms with Crippen molar-refractivity contribution in [2.24, 2.45) is 23.3 Å². The van der Waals surface area contributed by atoms with E-state index in [1.807, 2.05) is 0 Å². The van der Waals surface area contributed by atoms with Crippen molar-refractivity contribution in [1.29, 1.82) is 0 Å². The Hall–Kier alpha value is -1.63. The second kappa shape index (κ2) is 4.85. The highest BCUT2D eigenvalue weighted by atomic mass is 15.0. The van der Waals surface area contributed by atoms with Crippen LogP contribution in [0.25, 0.3) is 11.3 Å². The van der Waals surface area contributed by atoms with Crippen LogP contribution < -0.4 is 4.57 Å². The van der Waals surface area contributed by atoms with Gasteiger partial charge in [0.05, 0.1) is 0 Å². The van der Waals surface area contributed by atoms with Gasteiger partial charge in [0.2, 0.25) is 5.69 Å². The Kier molecular flexibility index (Phi) is 3.36. The molecule has 1 fully saturated rings. The number of benzene rings is 1. The summed E-state index contributed by atoms with van der Waals surface area (Å²) in [4.78, 5) is 0. The van der Waals surface area contributed by atoms with Crippen LogP contribution >= 0.6 is 0 Å². The molecule has 1 heterocycles. The van der Waals surface area contributed by atoms with Crippen LogP contribution in [0.2, 0.25) is 0 Å². The summed E-state index contributed by atoms with van der Waals surface area (Å²) < 4.78 is 2.36. The van der Waals surface area contributed by atoms with Crippen molar-refractivity contribution in [1.82, 2.24) is 0 Å². The molecule has 2 aliphatic rings. The largest absolute Gasteiger partial charge is 0.216 e. The zero-order valence-corrected chi connectivity index (χ0v) is 18.9. The molecule has 0 spiro atoms. The van der Waals surface area contributed by atoms with E-state index < -0.39 is 0 Å². The van der Waals surface area contributed by atoms with Crippen LogP contribution in [0.15, 0.2) is 36.5 Å². The van der Waals surface area contributed by atoms with Crippen LogP contribution in [0.1, 0.15) is 72.1 Å². The van der Waals surface area contributed by atoms with Gasteiger partial charge in [-0.15, -0.1) is 0 Å². The average molecular weight is 363 g/mol. The van der Waals surface area contributed by atoms with E-state index in [0.717, 1.165) is 0 Å². The molecule has 2 atom stereocenters. The van der Waals surface area contributed by atoms with E-state index >= 15 is 0 Å². The number of nitrogens with zero attached hydrogens (tertiary/aromatic N) is 1. The fourth-order valence-electron chi connectivity index (χ4n) is 7.35. The molecule has 0 saturated heterocycles. The molecule has 2 aliphatic carbocycles. The number of hydrogen-bond donors (Lipinski definition) is 0. The van der Waals surface area contributed by atoms with E-state index in [-0.39, 0.29) is 27.1 Å². The zero-order valence-electron chi connectivity index (χ0n) is 18.9. The molecule has 0 aliphatic heterocycles. The quantitative estimate of drug-likeness (QED) is 0.539. The molecule has 1 nitrogen and oxygen atoms in total. The van der Waals surface area contributed by atoms with Crippen LogP contribution in [0.4, 0.5) is 0 Å².